The Morgan fingerprint density at radius 2 is 1.71 bits per heavy atom. The number of halogens is 2. The average molecular weight is 687 g/mol. The van der Waals surface area contributed by atoms with E-state index in [0.717, 1.165) is 4.90 Å². The number of hydrogen-bond donors (Lipinski definition) is 1. The first-order chi connectivity index (χ1) is 23.0. The Morgan fingerprint density at radius 3 is 2.44 bits per heavy atom. The summed E-state index contributed by atoms with van der Waals surface area (Å²) in [5, 5.41) is 11.4. The summed E-state index contributed by atoms with van der Waals surface area (Å²) < 4.78 is 11.5. The van der Waals surface area contributed by atoms with Crippen LogP contribution in [0.15, 0.2) is 82.8 Å². The number of amides is 4. The van der Waals surface area contributed by atoms with Crippen LogP contribution < -0.4 is 9.64 Å². The number of allylic oxidation sites excluding steroid dienone is 2. The van der Waals surface area contributed by atoms with Gasteiger partial charge in [0.25, 0.3) is 11.8 Å². The van der Waals surface area contributed by atoms with Crippen LogP contribution in [0.1, 0.15) is 31.2 Å². The number of alkyl halides is 2. The minimum absolute atomic E-state index is 0.147. The van der Waals surface area contributed by atoms with Gasteiger partial charge in [0, 0.05) is 24.1 Å². The van der Waals surface area contributed by atoms with Crippen molar-refractivity contribution in [3.8, 4) is 23.0 Å². The molecule has 0 bridgehead atoms. The summed E-state index contributed by atoms with van der Waals surface area (Å²) in [6, 6.07) is 19.1. The summed E-state index contributed by atoms with van der Waals surface area (Å²) in [5.74, 6) is -5.27. The third kappa shape index (κ3) is 3.96. The topological polar surface area (TPSA) is 130 Å². The Labute approximate surface area is 284 Å². The highest BCUT2D eigenvalue weighted by Gasteiger charge is 2.76. The van der Waals surface area contributed by atoms with Crippen LogP contribution in [0.3, 0.4) is 0 Å². The van der Waals surface area contributed by atoms with Gasteiger partial charge in [-0.25, -0.2) is 4.98 Å². The van der Waals surface area contributed by atoms with Gasteiger partial charge in [0.05, 0.1) is 24.1 Å². The summed E-state index contributed by atoms with van der Waals surface area (Å²) in [5.41, 5.74) is 3.24. The zero-order valence-electron chi connectivity index (χ0n) is 25.9. The van der Waals surface area contributed by atoms with E-state index in [2.05, 4.69) is 4.98 Å². The van der Waals surface area contributed by atoms with Crippen LogP contribution in [0.2, 0.25) is 0 Å². The SMILES string of the molecule is CCOc1cccc([C@H]2C3=CC[C@@H]4C(=O)N(c5ccc(-c6nc7ccccc7o6)cc5)C(=O)[C@@H]4[C@@H]3C[C@@]3(Cl)C(=O)N(C)C(=O)[C@@]23Cl)c1O. The third-order valence-electron chi connectivity index (χ3n) is 10.3. The van der Waals surface area contributed by atoms with Gasteiger partial charge in [-0.1, -0.05) is 35.9 Å². The minimum Gasteiger partial charge on any atom is -0.504 e. The molecule has 4 aromatic rings. The van der Waals surface area contributed by atoms with Crippen molar-refractivity contribution in [2.75, 3.05) is 18.6 Å². The van der Waals surface area contributed by atoms with Crippen LogP contribution >= 0.6 is 23.2 Å². The van der Waals surface area contributed by atoms with Gasteiger partial charge in [-0.15, -0.1) is 23.2 Å². The molecule has 48 heavy (non-hydrogen) atoms. The second kappa shape index (κ2) is 10.7. The molecule has 6 atom stereocenters. The number of rotatable bonds is 5. The Bertz CT molecular complexity index is 2060. The van der Waals surface area contributed by atoms with Crippen LogP contribution in [0.5, 0.6) is 11.5 Å². The second-order valence-electron chi connectivity index (χ2n) is 12.7. The molecule has 0 unspecified atom stereocenters. The van der Waals surface area contributed by atoms with Gasteiger partial charge in [-0.05, 0) is 68.1 Å². The molecule has 0 radical (unpaired) electrons. The van der Waals surface area contributed by atoms with Crippen LogP contribution in [-0.4, -0.2) is 62.0 Å². The first-order valence-corrected chi connectivity index (χ1v) is 16.5. The third-order valence-corrected chi connectivity index (χ3v) is 11.7. The number of phenols is 1. The highest BCUT2D eigenvalue weighted by Crippen LogP contribution is 2.66. The number of anilines is 1. The number of carbonyl (C=O) groups excluding carboxylic acids is 4. The maximum absolute atomic E-state index is 14.4. The van der Waals surface area contributed by atoms with E-state index in [4.69, 9.17) is 32.4 Å². The Balaban J connectivity index is 1.19. The average Bonchev–Trinajstić information content (AvgIpc) is 3.67. The number of benzene rings is 3. The number of likely N-dealkylation sites (tertiary alicyclic amines) is 1. The lowest BCUT2D eigenvalue weighted by Gasteiger charge is -2.50. The lowest BCUT2D eigenvalue weighted by molar-refractivity contribution is -0.138. The van der Waals surface area contributed by atoms with Gasteiger partial charge >= 0.3 is 0 Å². The van der Waals surface area contributed by atoms with Crippen LogP contribution in [0, 0.1) is 17.8 Å². The Morgan fingerprint density at radius 1 is 0.958 bits per heavy atom. The Kier molecular flexibility index (Phi) is 6.81. The number of imide groups is 2. The predicted octanol–water partition coefficient (Wildman–Crippen LogP) is 5.79. The van der Waals surface area contributed by atoms with Gasteiger partial charge in [-0.2, -0.15) is 0 Å². The number of para-hydroxylation sites is 3. The molecule has 3 heterocycles. The fraction of sp³-hybridized carbons (Fsp3) is 0.306. The normalized spacial score (nSPS) is 29.6. The van der Waals surface area contributed by atoms with Crippen molar-refractivity contribution in [3.63, 3.8) is 0 Å². The molecule has 2 aliphatic carbocycles. The zero-order valence-corrected chi connectivity index (χ0v) is 27.4. The molecule has 1 saturated carbocycles. The van der Waals surface area contributed by atoms with Crippen LogP contribution in [-0.2, 0) is 19.2 Å². The van der Waals surface area contributed by atoms with Gasteiger partial charge in [0.2, 0.25) is 17.7 Å². The largest absolute Gasteiger partial charge is 0.504 e. The van der Waals surface area contributed by atoms with Gasteiger partial charge < -0.3 is 14.3 Å². The van der Waals surface area contributed by atoms with E-state index in [1.54, 1.807) is 49.4 Å². The molecule has 4 aliphatic rings. The van der Waals surface area contributed by atoms with E-state index in [0.29, 0.717) is 33.8 Å². The van der Waals surface area contributed by atoms with E-state index in [1.807, 2.05) is 30.3 Å². The first kappa shape index (κ1) is 30.7. The molecule has 1 N–H and O–H groups in total. The number of nitrogens with zero attached hydrogens (tertiary/aromatic N) is 3. The standard InChI is InChI=1S/C36H29Cl2N3O7/c1-3-47-26-10-6-7-22(29(26)42)28-20-15-16-21-27(23(20)17-35(37)33(45)40(2)34(46)36(28,35)38)32(44)41(31(21)43)19-13-11-18(12-14-19)30-39-24-8-4-5-9-25(24)48-30/h4-15,21,23,27-28,42H,3,16-17H2,1-2H3/t21-,23+,27-,28+,35+,36-/m0/s1. The van der Waals surface area contributed by atoms with E-state index in [1.165, 1.54) is 11.9 Å². The number of ether oxygens (including phenoxy) is 1. The lowest BCUT2D eigenvalue weighted by Crippen LogP contribution is -2.60. The summed E-state index contributed by atoms with van der Waals surface area (Å²) in [7, 11) is 1.32. The van der Waals surface area contributed by atoms with Crippen molar-refractivity contribution in [1.29, 1.82) is 0 Å². The van der Waals surface area contributed by atoms with Gasteiger partial charge in [-0.3, -0.25) is 29.0 Å². The number of aromatic nitrogens is 1. The molecule has 244 valence electrons. The minimum atomic E-state index is -2.01. The second-order valence-corrected chi connectivity index (χ2v) is 13.9. The number of fused-ring (bicyclic) bond motifs is 5. The lowest BCUT2D eigenvalue weighted by atomic mass is 9.56. The summed E-state index contributed by atoms with van der Waals surface area (Å²) in [6.07, 6.45) is 1.87. The maximum atomic E-state index is 14.4. The number of aromatic hydroxyl groups is 1. The van der Waals surface area contributed by atoms with Gasteiger partial charge in [0.1, 0.15) is 5.52 Å². The molecule has 3 fully saturated rings. The number of hydrogen-bond acceptors (Lipinski definition) is 8. The predicted molar refractivity (Wildman–Crippen MR) is 177 cm³/mol. The van der Waals surface area contributed by atoms with E-state index < -0.39 is 51.1 Å². The highest BCUT2D eigenvalue weighted by molar-refractivity contribution is 6.53. The quantitative estimate of drug-likeness (QED) is 0.159. The Hall–Kier alpha value is -4.67. The van der Waals surface area contributed by atoms with Crippen LogP contribution in [0.25, 0.3) is 22.6 Å². The zero-order chi connectivity index (χ0) is 33.7. The molecule has 12 heteroatoms. The van der Waals surface area contributed by atoms with E-state index >= 15 is 0 Å². The highest BCUT2D eigenvalue weighted by atomic mass is 35.5. The fourth-order valence-electron chi connectivity index (χ4n) is 8.14. The molecular formula is C36H29Cl2N3O7. The van der Waals surface area contributed by atoms with Crippen molar-refractivity contribution in [2.24, 2.45) is 17.8 Å². The fourth-order valence-corrected chi connectivity index (χ4v) is 9.15. The van der Waals surface area contributed by atoms with Crippen molar-refractivity contribution < 1.29 is 33.4 Å². The molecule has 2 aliphatic heterocycles. The van der Waals surface area contributed by atoms with E-state index in [-0.39, 0.29) is 42.4 Å². The molecule has 4 amide bonds. The molecule has 2 saturated heterocycles. The molecule has 1 aromatic heterocycles. The number of carbonyl (C=O) groups is 4. The summed E-state index contributed by atoms with van der Waals surface area (Å²) in [4.78, 5) is 58.5. The summed E-state index contributed by atoms with van der Waals surface area (Å²) in [6.45, 7) is 2.04. The molecule has 3 aromatic carbocycles. The number of phenolic OH excluding ortho intramolecular Hbond substituents is 1. The van der Waals surface area contributed by atoms with Crippen molar-refractivity contribution in [2.45, 2.75) is 35.4 Å². The van der Waals surface area contributed by atoms with Crippen molar-refractivity contribution >= 4 is 63.6 Å². The molecule has 10 nitrogen and oxygen atoms in total. The molecule has 8 rings (SSSR count). The van der Waals surface area contributed by atoms with E-state index in [9.17, 15) is 24.3 Å². The monoisotopic (exact) mass is 685 g/mol. The van der Waals surface area contributed by atoms with Crippen LogP contribution in [0.4, 0.5) is 5.69 Å². The smallest absolute Gasteiger partial charge is 0.253 e. The van der Waals surface area contributed by atoms with Crippen molar-refractivity contribution in [1.82, 2.24) is 9.88 Å². The summed E-state index contributed by atoms with van der Waals surface area (Å²) >= 11 is 14.5. The maximum Gasteiger partial charge on any atom is 0.253 e. The molecular weight excluding hydrogens is 657 g/mol. The molecule has 0 spiro atoms. The first-order valence-electron chi connectivity index (χ1n) is 15.7. The van der Waals surface area contributed by atoms with Crippen molar-refractivity contribution in [3.05, 3.63) is 83.9 Å². The number of oxazole rings is 1. The van der Waals surface area contributed by atoms with Gasteiger partial charge in [0.15, 0.2) is 26.8 Å².